The van der Waals surface area contributed by atoms with E-state index < -0.39 is 0 Å². The summed E-state index contributed by atoms with van der Waals surface area (Å²) in [6, 6.07) is 3.88. The lowest BCUT2D eigenvalue weighted by Gasteiger charge is -2.16. The third-order valence-electron chi connectivity index (χ3n) is 3.83. The standard InChI is InChI=1S/C16H17ClN2O2/c1-3-9-6-13-14(8-15(9)21-2)18-12-7-10(17)4-5-11(12)16(20)19-13/h6-8,18H,3-5H2,1-2H3,(H,19,20). The Balaban J connectivity index is 2.09. The van der Waals surface area contributed by atoms with E-state index in [1.54, 1.807) is 7.11 Å². The maximum absolute atomic E-state index is 12.4. The first-order valence-corrected chi connectivity index (χ1v) is 7.38. The van der Waals surface area contributed by atoms with Crippen LogP contribution in [0.1, 0.15) is 25.3 Å². The second-order valence-corrected chi connectivity index (χ2v) is 5.61. The van der Waals surface area contributed by atoms with E-state index in [2.05, 4.69) is 17.6 Å². The lowest BCUT2D eigenvalue weighted by atomic mass is 10.0. The van der Waals surface area contributed by atoms with Crippen molar-refractivity contribution in [2.45, 2.75) is 26.2 Å². The minimum absolute atomic E-state index is 0.0658. The van der Waals surface area contributed by atoms with E-state index in [9.17, 15) is 4.79 Å². The van der Waals surface area contributed by atoms with Gasteiger partial charge in [-0.05, 0) is 37.0 Å². The summed E-state index contributed by atoms with van der Waals surface area (Å²) < 4.78 is 5.42. The molecule has 3 rings (SSSR count). The molecule has 0 aromatic heterocycles. The number of hydrogen-bond acceptors (Lipinski definition) is 3. The normalized spacial score (nSPS) is 17.1. The Morgan fingerprint density at radius 1 is 1.24 bits per heavy atom. The SMILES string of the molecule is CCc1cc2c(cc1OC)NC1=C(CCC(Cl)=C1)C(=O)N2. The van der Waals surface area contributed by atoms with Crippen molar-refractivity contribution in [3.63, 3.8) is 0 Å². The molecule has 1 aliphatic heterocycles. The molecule has 0 spiro atoms. The number of halogens is 1. The molecule has 1 aromatic rings. The number of benzene rings is 1. The van der Waals surface area contributed by atoms with Gasteiger partial charge in [0.2, 0.25) is 0 Å². The largest absolute Gasteiger partial charge is 0.496 e. The van der Waals surface area contributed by atoms with Crippen LogP contribution < -0.4 is 15.4 Å². The van der Waals surface area contributed by atoms with Crippen LogP contribution in [-0.4, -0.2) is 13.0 Å². The summed E-state index contributed by atoms with van der Waals surface area (Å²) in [6.45, 7) is 2.06. The van der Waals surface area contributed by atoms with E-state index in [0.717, 1.165) is 45.4 Å². The first kappa shape index (κ1) is 14.0. The molecule has 2 N–H and O–H groups in total. The summed E-state index contributed by atoms with van der Waals surface area (Å²) in [5.41, 5.74) is 4.18. The highest BCUT2D eigenvalue weighted by Crippen LogP contribution is 2.37. The van der Waals surface area contributed by atoms with Gasteiger partial charge in [0.25, 0.3) is 5.91 Å². The smallest absolute Gasteiger partial charge is 0.253 e. The number of hydrogen-bond donors (Lipinski definition) is 2. The second kappa shape index (κ2) is 5.45. The van der Waals surface area contributed by atoms with Crippen LogP contribution in [0.15, 0.2) is 34.5 Å². The fraction of sp³-hybridized carbons (Fsp3) is 0.312. The Kier molecular flexibility index (Phi) is 3.64. The van der Waals surface area contributed by atoms with E-state index in [0.29, 0.717) is 12.8 Å². The van der Waals surface area contributed by atoms with Crippen molar-refractivity contribution in [1.29, 1.82) is 0 Å². The minimum atomic E-state index is -0.0658. The van der Waals surface area contributed by atoms with Gasteiger partial charge in [-0.3, -0.25) is 4.79 Å². The Labute approximate surface area is 128 Å². The molecule has 21 heavy (non-hydrogen) atoms. The van der Waals surface area contributed by atoms with Gasteiger partial charge in [0.05, 0.1) is 18.5 Å². The zero-order valence-corrected chi connectivity index (χ0v) is 12.8. The molecule has 1 aromatic carbocycles. The second-order valence-electron chi connectivity index (χ2n) is 5.13. The van der Waals surface area contributed by atoms with Crippen LogP contribution in [-0.2, 0) is 11.2 Å². The first-order chi connectivity index (χ1) is 10.1. The average molecular weight is 305 g/mol. The van der Waals surface area contributed by atoms with Gasteiger partial charge in [-0.1, -0.05) is 18.5 Å². The van der Waals surface area contributed by atoms with E-state index in [1.165, 1.54) is 0 Å². The molecule has 1 amide bonds. The maximum Gasteiger partial charge on any atom is 0.253 e. The number of rotatable bonds is 2. The fourth-order valence-corrected chi connectivity index (χ4v) is 2.89. The van der Waals surface area contributed by atoms with Crippen molar-refractivity contribution in [2.24, 2.45) is 0 Å². The van der Waals surface area contributed by atoms with E-state index in [4.69, 9.17) is 16.3 Å². The zero-order chi connectivity index (χ0) is 15.0. The lowest BCUT2D eigenvalue weighted by molar-refractivity contribution is -0.113. The van der Waals surface area contributed by atoms with Gasteiger partial charge in [0, 0.05) is 22.4 Å². The van der Waals surface area contributed by atoms with Gasteiger partial charge < -0.3 is 15.4 Å². The molecule has 2 aliphatic rings. The molecular weight excluding hydrogens is 288 g/mol. The number of allylic oxidation sites excluding steroid dienone is 2. The summed E-state index contributed by atoms with van der Waals surface area (Å²) in [4.78, 5) is 12.4. The molecule has 0 unspecified atom stereocenters. The summed E-state index contributed by atoms with van der Waals surface area (Å²) >= 11 is 6.10. The van der Waals surface area contributed by atoms with Crippen LogP contribution in [0.4, 0.5) is 11.4 Å². The Morgan fingerprint density at radius 2 is 2.00 bits per heavy atom. The van der Waals surface area contributed by atoms with Crippen LogP contribution in [0.5, 0.6) is 5.75 Å². The highest BCUT2D eigenvalue weighted by atomic mass is 35.5. The maximum atomic E-state index is 12.4. The Bertz CT molecular complexity index is 677. The number of carbonyl (C=O) groups excluding carboxylic acids is 1. The number of methoxy groups -OCH3 is 1. The number of amides is 1. The quantitative estimate of drug-likeness (QED) is 0.874. The molecule has 4 nitrogen and oxygen atoms in total. The van der Waals surface area contributed by atoms with E-state index in [-0.39, 0.29) is 5.91 Å². The fourth-order valence-electron chi connectivity index (χ4n) is 2.68. The molecule has 0 fully saturated rings. The van der Waals surface area contributed by atoms with Crippen LogP contribution in [0.3, 0.4) is 0 Å². The van der Waals surface area contributed by atoms with Crippen molar-refractivity contribution >= 4 is 28.9 Å². The van der Waals surface area contributed by atoms with Crippen LogP contribution in [0.25, 0.3) is 0 Å². The molecule has 0 radical (unpaired) electrons. The number of nitrogens with one attached hydrogen (secondary N) is 2. The predicted molar refractivity (Wildman–Crippen MR) is 84.8 cm³/mol. The number of fused-ring (bicyclic) bond motifs is 1. The summed E-state index contributed by atoms with van der Waals surface area (Å²) in [7, 11) is 1.65. The molecule has 1 heterocycles. The average Bonchev–Trinajstić information content (AvgIpc) is 2.60. The Hall–Kier alpha value is -1.94. The van der Waals surface area contributed by atoms with Crippen molar-refractivity contribution in [1.82, 2.24) is 0 Å². The topological polar surface area (TPSA) is 50.4 Å². The van der Waals surface area contributed by atoms with E-state index in [1.807, 2.05) is 18.2 Å². The molecule has 1 aliphatic carbocycles. The third-order valence-corrected chi connectivity index (χ3v) is 4.13. The molecule has 5 heteroatoms. The van der Waals surface area contributed by atoms with Gasteiger partial charge >= 0.3 is 0 Å². The lowest BCUT2D eigenvalue weighted by Crippen LogP contribution is -2.16. The van der Waals surface area contributed by atoms with Gasteiger partial charge in [-0.15, -0.1) is 0 Å². The van der Waals surface area contributed by atoms with Crippen molar-refractivity contribution in [2.75, 3.05) is 17.7 Å². The van der Waals surface area contributed by atoms with Crippen LogP contribution in [0, 0.1) is 0 Å². The van der Waals surface area contributed by atoms with Crippen LogP contribution in [0.2, 0.25) is 0 Å². The van der Waals surface area contributed by atoms with Crippen molar-refractivity contribution in [3.05, 3.63) is 40.1 Å². The molecular formula is C16H17ClN2O2. The van der Waals surface area contributed by atoms with Crippen molar-refractivity contribution in [3.8, 4) is 5.75 Å². The summed E-state index contributed by atoms with van der Waals surface area (Å²) in [5.74, 6) is 0.747. The van der Waals surface area contributed by atoms with Gasteiger partial charge in [0.15, 0.2) is 0 Å². The monoisotopic (exact) mass is 304 g/mol. The van der Waals surface area contributed by atoms with Crippen LogP contribution >= 0.6 is 11.6 Å². The zero-order valence-electron chi connectivity index (χ0n) is 12.0. The summed E-state index contributed by atoms with van der Waals surface area (Å²) in [6.07, 6.45) is 4.02. The summed E-state index contributed by atoms with van der Waals surface area (Å²) in [5, 5.41) is 7.04. The van der Waals surface area contributed by atoms with E-state index >= 15 is 0 Å². The number of carbonyl (C=O) groups is 1. The first-order valence-electron chi connectivity index (χ1n) is 7.01. The Morgan fingerprint density at radius 3 is 2.71 bits per heavy atom. The highest BCUT2D eigenvalue weighted by Gasteiger charge is 2.24. The molecule has 0 saturated heterocycles. The molecule has 0 saturated carbocycles. The van der Waals surface area contributed by atoms with Gasteiger partial charge in [-0.25, -0.2) is 0 Å². The molecule has 0 atom stereocenters. The number of ether oxygens (including phenoxy) is 1. The third kappa shape index (κ3) is 2.51. The molecule has 110 valence electrons. The van der Waals surface area contributed by atoms with Crippen molar-refractivity contribution < 1.29 is 9.53 Å². The highest BCUT2D eigenvalue weighted by molar-refractivity contribution is 6.30. The number of anilines is 2. The predicted octanol–water partition coefficient (Wildman–Crippen LogP) is 3.79. The molecule has 0 bridgehead atoms. The number of aryl methyl sites for hydroxylation is 1. The minimum Gasteiger partial charge on any atom is -0.496 e. The van der Waals surface area contributed by atoms with Gasteiger partial charge in [-0.2, -0.15) is 0 Å². The van der Waals surface area contributed by atoms with Gasteiger partial charge in [0.1, 0.15) is 5.75 Å².